The Bertz CT molecular complexity index is 1820. The van der Waals surface area contributed by atoms with Gasteiger partial charge in [-0.25, -0.2) is 13.8 Å². The van der Waals surface area contributed by atoms with Crippen LogP contribution in [0.4, 0.5) is 20.3 Å². The molecule has 5 rings (SSSR count). The second-order valence-corrected chi connectivity index (χ2v) is 14.2. The Morgan fingerprint density at radius 2 is 1.67 bits per heavy atom. The Hall–Kier alpha value is -4.02. The summed E-state index contributed by atoms with van der Waals surface area (Å²) in [6.07, 6.45) is 13.9. The fourth-order valence-corrected chi connectivity index (χ4v) is 6.95. The molecule has 1 aliphatic rings. The van der Waals surface area contributed by atoms with E-state index in [1.807, 2.05) is 14.1 Å². The first-order valence-corrected chi connectivity index (χ1v) is 17.6. The molecule has 1 aliphatic carbocycles. The molecular formula is C38H47ClF2N5O3+. The molecule has 1 saturated carbocycles. The number of hydrogen-bond donors (Lipinski definition) is 1. The van der Waals surface area contributed by atoms with Gasteiger partial charge in [0.05, 0.1) is 49.4 Å². The van der Waals surface area contributed by atoms with Crippen molar-refractivity contribution in [1.29, 1.82) is 0 Å². The summed E-state index contributed by atoms with van der Waals surface area (Å²) >= 11 is 6.79. The van der Waals surface area contributed by atoms with E-state index in [4.69, 9.17) is 16.3 Å². The lowest BCUT2D eigenvalue weighted by Crippen LogP contribution is -2.50. The minimum absolute atomic E-state index is 0.118. The zero-order valence-corrected chi connectivity index (χ0v) is 29.7. The molecule has 0 unspecified atom stereocenters. The van der Waals surface area contributed by atoms with Crippen LogP contribution in [-0.2, 0) is 0 Å². The van der Waals surface area contributed by atoms with Crippen LogP contribution in [0.25, 0.3) is 16.7 Å². The van der Waals surface area contributed by atoms with Gasteiger partial charge in [-0.15, -0.1) is 0 Å². The highest BCUT2D eigenvalue weighted by Crippen LogP contribution is 2.30. The number of ether oxygens (including phenoxy) is 1. The van der Waals surface area contributed by atoms with Crippen molar-refractivity contribution in [1.82, 2.24) is 9.55 Å². The molecule has 8 nitrogen and oxygen atoms in total. The maximum Gasteiger partial charge on any atom is 0.261 e. The molecule has 262 valence electrons. The van der Waals surface area contributed by atoms with Gasteiger partial charge in [-0.1, -0.05) is 30.9 Å². The Balaban J connectivity index is 1.25. The maximum absolute atomic E-state index is 13.8. The normalized spacial score (nSPS) is 13.9. The summed E-state index contributed by atoms with van der Waals surface area (Å²) in [5.41, 5.74) is -0.179. The number of hydrogen-bond acceptors (Lipinski definition) is 5. The smallest absolute Gasteiger partial charge is 0.261 e. The largest absolute Gasteiger partial charge is 0.494 e. The lowest BCUT2D eigenvalue weighted by molar-refractivity contribution is -0.916. The van der Waals surface area contributed by atoms with Crippen LogP contribution in [0, 0.1) is 11.6 Å². The average Bonchev–Trinajstić information content (AvgIpc) is 3.06. The van der Waals surface area contributed by atoms with Crippen LogP contribution in [0.15, 0.2) is 59.5 Å². The molecule has 1 fully saturated rings. The van der Waals surface area contributed by atoms with Crippen LogP contribution in [-0.4, -0.2) is 67.3 Å². The summed E-state index contributed by atoms with van der Waals surface area (Å²) in [4.78, 5) is 33.3. The number of unbranched alkanes of at least 4 members (excludes halogenated alkanes) is 4. The summed E-state index contributed by atoms with van der Waals surface area (Å²) in [5.74, 6) is -1.34. The summed E-state index contributed by atoms with van der Waals surface area (Å²) in [6, 6.07) is 12.0. The molecule has 0 aliphatic heterocycles. The van der Waals surface area contributed by atoms with Gasteiger partial charge in [0, 0.05) is 38.1 Å². The van der Waals surface area contributed by atoms with Crippen LogP contribution >= 0.6 is 11.6 Å². The van der Waals surface area contributed by atoms with Crippen LogP contribution in [0.1, 0.15) is 74.6 Å². The summed E-state index contributed by atoms with van der Waals surface area (Å²) in [5, 5.41) is 2.93. The van der Waals surface area contributed by atoms with Crippen LogP contribution in [0.3, 0.4) is 0 Å². The number of anilines is 2. The third kappa shape index (κ3) is 9.16. The third-order valence-electron chi connectivity index (χ3n) is 9.55. The second kappa shape index (κ2) is 16.1. The number of carbonyl (C=O) groups is 1. The molecule has 1 amide bonds. The quantitative estimate of drug-likeness (QED) is 0.106. The topological polar surface area (TPSA) is 76.5 Å². The molecule has 2 aromatic heterocycles. The van der Waals surface area contributed by atoms with Gasteiger partial charge in [0.25, 0.3) is 5.91 Å². The second-order valence-electron chi connectivity index (χ2n) is 13.8. The van der Waals surface area contributed by atoms with Gasteiger partial charge in [0.1, 0.15) is 28.8 Å². The summed E-state index contributed by atoms with van der Waals surface area (Å²) in [6.45, 7) is 1.81. The number of halogens is 3. The van der Waals surface area contributed by atoms with Crippen molar-refractivity contribution in [3.8, 4) is 11.4 Å². The van der Waals surface area contributed by atoms with E-state index in [-0.39, 0.29) is 16.6 Å². The molecule has 0 atom stereocenters. The summed E-state index contributed by atoms with van der Waals surface area (Å²) < 4.78 is 36.3. The maximum atomic E-state index is 13.8. The lowest BCUT2D eigenvalue weighted by Gasteiger charge is -2.40. The van der Waals surface area contributed by atoms with Crippen molar-refractivity contribution in [3.63, 3.8) is 0 Å². The van der Waals surface area contributed by atoms with Crippen molar-refractivity contribution in [2.75, 3.05) is 51.6 Å². The van der Waals surface area contributed by atoms with Gasteiger partial charge in [0.15, 0.2) is 5.65 Å². The Kier molecular flexibility index (Phi) is 11.9. The minimum atomic E-state index is -0.857. The zero-order valence-electron chi connectivity index (χ0n) is 28.9. The predicted octanol–water partition coefficient (Wildman–Crippen LogP) is 8.37. The van der Waals surface area contributed by atoms with Crippen LogP contribution < -0.4 is 20.4 Å². The molecular weight excluding hydrogens is 648 g/mol. The van der Waals surface area contributed by atoms with E-state index in [2.05, 4.69) is 24.4 Å². The van der Waals surface area contributed by atoms with Crippen LogP contribution in [0.2, 0.25) is 5.02 Å². The van der Waals surface area contributed by atoms with Crippen LogP contribution in [0.5, 0.6) is 5.75 Å². The van der Waals surface area contributed by atoms with E-state index in [9.17, 15) is 18.4 Å². The van der Waals surface area contributed by atoms with Gasteiger partial charge in [-0.05, 0) is 81.3 Å². The molecule has 4 aromatic rings. The zero-order chi connectivity index (χ0) is 35.1. The minimum Gasteiger partial charge on any atom is -0.494 e. The van der Waals surface area contributed by atoms with E-state index in [1.54, 1.807) is 39.8 Å². The highest BCUT2D eigenvalue weighted by Gasteiger charge is 2.29. The standard InChI is InChI=1S/C38H46ClF2N5O3/c1-44(2)35-18-16-31-36(47)32(38(48)42-28-22-26(40)21-27(41)23-28)25-45(37(31)43-35)34-17-15-30(24-33(34)39)49-20-12-7-5-6-11-19-46(3,4)29-13-9-8-10-14-29/h15-18,21-25,29H,5-14,19-20H2,1-4H3/p+1. The van der Waals surface area contributed by atoms with Gasteiger partial charge in [0.2, 0.25) is 5.43 Å². The average molecular weight is 695 g/mol. The van der Waals surface area contributed by atoms with Crippen molar-refractivity contribution in [2.24, 2.45) is 0 Å². The first-order valence-electron chi connectivity index (χ1n) is 17.2. The third-order valence-corrected chi connectivity index (χ3v) is 9.85. The molecule has 0 bridgehead atoms. The van der Waals surface area contributed by atoms with Crippen molar-refractivity contribution in [2.45, 2.75) is 70.3 Å². The van der Waals surface area contributed by atoms with Crippen molar-refractivity contribution in [3.05, 3.63) is 87.2 Å². The predicted molar refractivity (Wildman–Crippen MR) is 193 cm³/mol. The highest BCUT2D eigenvalue weighted by molar-refractivity contribution is 6.32. The number of nitrogens with zero attached hydrogens (tertiary/aromatic N) is 4. The molecule has 11 heteroatoms. The van der Waals surface area contributed by atoms with E-state index in [0.29, 0.717) is 40.6 Å². The Morgan fingerprint density at radius 1 is 0.980 bits per heavy atom. The van der Waals surface area contributed by atoms with E-state index < -0.39 is 23.0 Å². The van der Waals surface area contributed by atoms with Gasteiger partial charge in [-0.3, -0.25) is 14.2 Å². The van der Waals surface area contributed by atoms with Gasteiger partial charge in [-0.2, -0.15) is 0 Å². The molecule has 0 spiro atoms. The Morgan fingerprint density at radius 3 is 2.37 bits per heavy atom. The molecule has 1 N–H and O–H groups in total. The number of aromatic nitrogens is 2. The van der Waals surface area contributed by atoms with E-state index >= 15 is 0 Å². The molecule has 0 saturated heterocycles. The lowest BCUT2D eigenvalue weighted by atomic mass is 9.93. The van der Waals surface area contributed by atoms with Gasteiger partial charge < -0.3 is 19.4 Å². The first kappa shape index (κ1) is 36.3. The number of nitrogens with one attached hydrogen (secondary N) is 1. The van der Waals surface area contributed by atoms with Crippen molar-refractivity contribution >= 4 is 40.0 Å². The summed E-state index contributed by atoms with van der Waals surface area (Å²) in [7, 11) is 8.44. The monoisotopic (exact) mass is 694 g/mol. The fraction of sp³-hybridized carbons (Fsp3) is 0.447. The molecule has 0 radical (unpaired) electrons. The Labute approximate surface area is 292 Å². The highest BCUT2D eigenvalue weighted by atomic mass is 35.5. The first-order chi connectivity index (χ1) is 23.4. The van der Waals surface area contributed by atoms with Gasteiger partial charge >= 0.3 is 0 Å². The van der Waals surface area contributed by atoms with Crippen molar-refractivity contribution < 1.29 is 22.8 Å². The molecule has 49 heavy (non-hydrogen) atoms. The number of amides is 1. The number of benzene rings is 2. The molecule has 2 heterocycles. The van der Waals surface area contributed by atoms with E-state index in [0.717, 1.165) is 35.5 Å². The fourth-order valence-electron chi connectivity index (χ4n) is 6.69. The number of quaternary nitrogens is 1. The number of pyridine rings is 2. The SMILES string of the molecule is CN(C)c1ccc2c(=O)c(C(=O)Nc3cc(F)cc(F)c3)cn(-c3ccc(OCCCCCCC[N+](C)(C)C4CCCCC4)cc3Cl)c2n1. The number of fused-ring (bicyclic) bond motifs is 1. The molecule has 2 aromatic carbocycles. The number of rotatable bonds is 14. The van der Waals surface area contributed by atoms with E-state index in [1.165, 1.54) is 64.1 Å². The number of carbonyl (C=O) groups excluding carboxylic acids is 1.